The molecule has 0 saturated heterocycles. The van der Waals surface area contributed by atoms with Gasteiger partial charge in [-0.05, 0) is 37.5 Å². The Balaban J connectivity index is 2.70. The van der Waals surface area contributed by atoms with Crippen molar-refractivity contribution >= 4 is 0 Å². The average Bonchev–Trinajstić information content (AvgIpc) is 2.25. The van der Waals surface area contributed by atoms with Gasteiger partial charge in [-0.25, -0.2) is 0 Å². The summed E-state index contributed by atoms with van der Waals surface area (Å²) < 4.78 is 36.9. The van der Waals surface area contributed by atoms with Crippen molar-refractivity contribution in [3.63, 3.8) is 0 Å². The van der Waals surface area contributed by atoms with E-state index >= 15 is 0 Å². The van der Waals surface area contributed by atoms with Crippen molar-refractivity contribution in [3.05, 3.63) is 47.5 Å². The third-order valence-electron chi connectivity index (χ3n) is 2.47. The van der Waals surface area contributed by atoms with Crippen LogP contribution in [0, 0.1) is 0 Å². The minimum absolute atomic E-state index is 0.473. The van der Waals surface area contributed by atoms with E-state index < -0.39 is 17.8 Å². The second-order valence-corrected chi connectivity index (χ2v) is 4.13. The van der Waals surface area contributed by atoms with Gasteiger partial charge in [-0.3, -0.25) is 0 Å². The fourth-order valence-electron chi connectivity index (χ4n) is 1.44. The van der Waals surface area contributed by atoms with Gasteiger partial charge >= 0.3 is 6.18 Å². The topological polar surface area (TPSA) is 20.2 Å². The fourth-order valence-corrected chi connectivity index (χ4v) is 1.44. The predicted molar refractivity (Wildman–Crippen MR) is 60.5 cm³/mol. The second-order valence-electron chi connectivity index (χ2n) is 4.13. The number of benzene rings is 1. The van der Waals surface area contributed by atoms with E-state index in [4.69, 9.17) is 0 Å². The Bertz CT molecular complexity index is 379. The Morgan fingerprint density at radius 2 is 1.82 bits per heavy atom. The predicted octanol–water partition coefficient (Wildman–Crippen LogP) is 4.10. The molecule has 0 radical (unpaired) electrons. The quantitative estimate of drug-likeness (QED) is 0.791. The molecule has 0 fully saturated rings. The summed E-state index contributed by atoms with van der Waals surface area (Å²) in [7, 11) is 0. The summed E-state index contributed by atoms with van der Waals surface area (Å²) in [4.78, 5) is 0. The first-order valence-corrected chi connectivity index (χ1v) is 5.30. The Morgan fingerprint density at radius 1 is 1.29 bits per heavy atom. The molecule has 0 spiro atoms. The van der Waals surface area contributed by atoms with Crippen LogP contribution in [0.1, 0.15) is 37.0 Å². The van der Waals surface area contributed by atoms with Crippen LogP contribution < -0.4 is 0 Å². The first-order chi connectivity index (χ1) is 7.80. The van der Waals surface area contributed by atoms with Crippen molar-refractivity contribution in [1.82, 2.24) is 0 Å². The van der Waals surface area contributed by atoms with Crippen LogP contribution in [0.25, 0.3) is 0 Å². The van der Waals surface area contributed by atoms with Gasteiger partial charge in [0, 0.05) is 0 Å². The number of alkyl halides is 3. The highest BCUT2D eigenvalue weighted by atomic mass is 19.4. The smallest absolute Gasteiger partial charge is 0.388 e. The molecular weight excluding hydrogens is 229 g/mol. The van der Waals surface area contributed by atoms with E-state index in [0.29, 0.717) is 18.4 Å². The van der Waals surface area contributed by atoms with Crippen LogP contribution in [-0.4, -0.2) is 5.11 Å². The molecule has 1 aromatic carbocycles. The molecule has 0 saturated carbocycles. The molecule has 1 N–H and O–H groups in total. The van der Waals surface area contributed by atoms with Gasteiger partial charge in [0.25, 0.3) is 0 Å². The number of aliphatic hydroxyl groups is 1. The third kappa shape index (κ3) is 4.23. The summed E-state index contributed by atoms with van der Waals surface area (Å²) in [6, 6.07) is 4.59. The Morgan fingerprint density at radius 3 is 2.24 bits per heavy atom. The number of rotatable bonds is 4. The number of allylic oxidation sites excluding steroid dienone is 1. The Hall–Kier alpha value is -1.29. The molecule has 94 valence electrons. The summed E-state index contributed by atoms with van der Waals surface area (Å²) in [5.74, 6) is 0. The molecule has 0 aromatic heterocycles. The molecule has 0 aliphatic carbocycles. The van der Waals surface area contributed by atoms with Crippen molar-refractivity contribution in [2.24, 2.45) is 0 Å². The van der Waals surface area contributed by atoms with Gasteiger partial charge in [0.05, 0.1) is 11.7 Å². The van der Waals surface area contributed by atoms with Crippen molar-refractivity contribution in [2.45, 2.75) is 32.0 Å². The minimum atomic E-state index is -4.33. The average molecular weight is 244 g/mol. The molecule has 4 heteroatoms. The van der Waals surface area contributed by atoms with E-state index in [2.05, 4.69) is 6.58 Å². The first kappa shape index (κ1) is 13.8. The molecule has 0 aliphatic heterocycles. The van der Waals surface area contributed by atoms with Crippen molar-refractivity contribution in [3.8, 4) is 0 Å². The number of hydrogen-bond acceptors (Lipinski definition) is 1. The first-order valence-electron chi connectivity index (χ1n) is 5.30. The van der Waals surface area contributed by atoms with Crippen molar-refractivity contribution in [2.75, 3.05) is 0 Å². The standard InChI is InChI=1S/C13H15F3O/c1-9(2)3-8-12(17)10-4-6-11(7-5-10)13(14,15)16/h4-7,12,17H,1,3,8H2,2H3. The van der Waals surface area contributed by atoms with Gasteiger partial charge in [0.2, 0.25) is 0 Å². The molecule has 0 amide bonds. The Labute approximate surface area is 98.6 Å². The number of halogens is 3. The SMILES string of the molecule is C=C(C)CCC(O)c1ccc(C(F)(F)F)cc1. The van der Waals surface area contributed by atoms with E-state index in [1.54, 1.807) is 0 Å². The van der Waals surface area contributed by atoms with Gasteiger partial charge in [0.15, 0.2) is 0 Å². The molecule has 1 rings (SSSR count). The summed E-state index contributed by atoms with van der Waals surface area (Å²) in [6.45, 7) is 5.55. The molecule has 17 heavy (non-hydrogen) atoms. The summed E-state index contributed by atoms with van der Waals surface area (Å²) in [6.07, 6.45) is -3.95. The van der Waals surface area contributed by atoms with E-state index in [9.17, 15) is 18.3 Å². The molecule has 0 heterocycles. The maximum Gasteiger partial charge on any atom is 0.416 e. The monoisotopic (exact) mass is 244 g/mol. The zero-order valence-corrected chi connectivity index (χ0v) is 9.59. The van der Waals surface area contributed by atoms with Gasteiger partial charge in [-0.15, -0.1) is 6.58 Å². The lowest BCUT2D eigenvalue weighted by Gasteiger charge is -2.12. The summed E-state index contributed by atoms with van der Waals surface area (Å²) in [5.41, 5.74) is 0.739. The van der Waals surface area contributed by atoms with Crippen molar-refractivity contribution in [1.29, 1.82) is 0 Å². The highest BCUT2D eigenvalue weighted by Gasteiger charge is 2.30. The highest BCUT2D eigenvalue weighted by Crippen LogP contribution is 2.30. The van der Waals surface area contributed by atoms with E-state index in [0.717, 1.165) is 17.7 Å². The summed E-state index contributed by atoms with van der Waals surface area (Å²) in [5, 5.41) is 9.74. The Kier molecular flexibility index (Phi) is 4.34. The van der Waals surface area contributed by atoms with Crippen LogP contribution in [0.4, 0.5) is 13.2 Å². The molecule has 1 aromatic rings. The normalized spacial score (nSPS) is 13.5. The zero-order chi connectivity index (χ0) is 13.1. The van der Waals surface area contributed by atoms with Crippen LogP contribution in [0.2, 0.25) is 0 Å². The van der Waals surface area contributed by atoms with E-state index in [1.165, 1.54) is 12.1 Å². The molecular formula is C13H15F3O. The van der Waals surface area contributed by atoms with Crippen LogP contribution in [0.15, 0.2) is 36.4 Å². The largest absolute Gasteiger partial charge is 0.416 e. The third-order valence-corrected chi connectivity index (χ3v) is 2.47. The van der Waals surface area contributed by atoms with Gasteiger partial charge < -0.3 is 5.11 Å². The number of aliphatic hydroxyl groups excluding tert-OH is 1. The molecule has 0 bridgehead atoms. The highest BCUT2D eigenvalue weighted by molar-refractivity contribution is 5.26. The lowest BCUT2D eigenvalue weighted by atomic mass is 10.0. The summed E-state index contributed by atoms with van der Waals surface area (Å²) >= 11 is 0. The molecule has 1 nitrogen and oxygen atoms in total. The zero-order valence-electron chi connectivity index (χ0n) is 9.59. The van der Waals surface area contributed by atoms with Crippen LogP contribution in [-0.2, 0) is 6.18 Å². The maximum absolute atomic E-state index is 12.3. The fraction of sp³-hybridized carbons (Fsp3) is 0.385. The molecule has 0 aliphatic rings. The maximum atomic E-state index is 12.3. The van der Waals surface area contributed by atoms with Gasteiger partial charge in [0.1, 0.15) is 0 Å². The van der Waals surface area contributed by atoms with Crippen molar-refractivity contribution < 1.29 is 18.3 Å². The molecule has 1 atom stereocenters. The number of hydrogen-bond donors (Lipinski definition) is 1. The van der Waals surface area contributed by atoms with Gasteiger partial charge in [-0.2, -0.15) is 13.2 Å². The lowest BCUT2D eigenvalue weighted by Crippen LogP contribution is -2.05. The minimum Gasteiger partial charge on any atom is -0.388 e. The van der Waals surface area contributed by atoms with Crippen LogP contribution >= 0.6 is 0 Å². The molecule has 1 unspecified atom stereocenters. The van der Waals surface area contributed by atoms with E-state index in [1.807, 2.05) is 6.92 Å². The van der Waals surface area contributed by atoms with E-state index in [-0.39, 0.29) is 0 Å². The van der Waals surface area contributed by atoms with Crippen LogP contribution in [0.3, 0.4) is 0 Å². The second kappa shape index (κ2) is 5.36. The van der Waals surface area contributed by atoms with Crippen LogP contribution in [0.5, 0.6) is 0 Å². The lowest BCUT2D eigenvalue weighted by molar-refractivity contribution is -0.137. The van der Waals surface area contributed by atoms with Gasteiger partial charge in [-0.1, -0.05) is 17.7 Å².